The topological polar surface area (TPSA) is 8.17 Å². The van der Waals surface area contributed by atoms with E-state index < -0.39 is 0 Å². The Morgan fingerprint density at radius 1 is 0.933 bits per heavy atom. The summed E-state index contributed by atoms with van der Waals surface area (Å²) in [4.78, 5) is 2.34. The number of aromatic nitrogens is 1. The molecule has 0 saturated carbocycles. The van der Waals surface area contributed by atoms with E-state index >= 15 is 0 Å². The zero-order chi connectivity index (χ0) is 20.9. The lowest BCUT2D eigenvalue weighted by molar-refractivity contribution is 0.319. The van der Waals surface area contributed by atoms with Gasteiger partial charge in [0.15, 0.2) is 0 Å². The van der Waals surface area contributed by atoms with Crippen LogP contribution in [-0.4, -0.2) is 23.1 Å². The van der Waals surface area contributed by atoms with Crippen molar-refractivity contribution in [3.8, 4) is 5.69 Å². The Kier molecular flexibility index (Phi) is 6.51. The lowest BCUT2D eigenvalue weighted by atomic mass is 10.1. The Morgan fingerprint density at radius 3 is 2.53 bits per heavy atom. The van der Waals surface area contributed by atoms with Gasteiger partial charge in [0.05, 0.1) is 5.52 Å². The number of benzene rings is 3. The van der Waals surface area contributed by atoms with Gasteiger partial charge in [0.1, 0.15) is 5.82 Å². The van der Waals surface area contributed by atoms with Crippen LogP contribution in [0.25, 0.3) is 16.6 Å². The van der Waals surface area contributed by atoms with Gasteiger partial charge in [-0.1, -0.05) is 41.9 Å². The monoisotopic (exact) mass is 420 g/mol. The highest BCUT2D eigenvalue weighted by Gasteiger charge is 2.10. The summed E-state index contributed by atoms with van der Waals surface area (Å²) < 4.78 is 15.5. The molecule has 4 rings (SSSR count). The van der Waals surface area contributed by atoms with Crippen LogP contribution >= 0.6 is 11.6 Å². The highest BCUT2D eigenvalue weighted by Crippen LogP contribution is 2.26. The predicted molar refractivity (Wildman–Crippen MR) is 124 cm³/mol. The van der Waals surface area contributed by atoms with Crippen molar-refractivity contribution in [3.63, 3.8) is 0 Å². The van der Waals surface area contributed by atoms with E-state index in [0.29, 0.717) is 0 Å². The first-order valence-electron chi connectivity index (χ1n) is 10.4. The zero-order valence-electron chi connectivity index (χ0n) is 17.2. The van der Waals surface area contributed by atoms with Gasteiger partial charge in [0.2, 0.25) is 0 Å². The van der Waals surface area contributed by atoms with Gasteiger partial charge in [-0.3, -0.25) is 0 Å². The molecule has 154 valence electrons. The SMILES string of the molecule is CN(CCCCc1cn(-c2ccc(F)cc2)c2ccccc12)Cc1cccc(Cl)c1. The van der Waals surface area contributed by atoms with Gasteiger partial charge in [-0.15, -0.1) is 0 Å². The number of para-hydroxylation sites is 1. The van der Waals surface area contributed by atoms with Crippen LogP contribution in [0.5, 0.6) is 0 Å². The number of rotatable bonds is 8. The Balaban J connectivity index is 1.39. The molecule has 0 amide bonds. The maximum absolute atomic E-state index is 13.3. The Labute approximate surface area is 182 Å². The number of fused-ring (bicyclic) bond motifs is 1. The third-order valence-corrected chi connectivity index (χ3v) is 5.71. The van der Waals surface area contributed by atoms with Crippen LogP contribution < -0.4 is 0 Å². The molecule has 30 heavy (non-hydrogen) atoms. The summed E-state index contributed by atoms with van der Waals surface area (Å²) in [5.41, 5.74) is 4.73. The Bertz CT molecular complexity index is 1120. The predicted octanol–water partition coefficient (Wildman–Crippen LogP) is 6.88. The molecule has 4 aromatic rings. The Hall–Kier alpha value is -2.62. The second kappa shape index (κ2) is 9.46. The maximum atomic E-state index is 13.3. The average Bonchev–Trinajstić information content (AvgIpc) is 3.11. The number of unbranched alkanes of at least 4 members (excludes halogenated alkanes) is 1. The van der Waals surface area contributed by atoms with Crippen LogP contribution in [0.3, 0.4) is 0 Å². The van der Waals surface area contributed by atoms with Gasteiger partial charge in [-0.05, 0) is 86.4 Å². The van der Waals surface area contributed by atoms with Crippen LogP contribution in [0, 0.1) is 5.82 Å². The summed E-state index contributed by atoms with van der Waals surface area (Å²) in [7, 11) is 2.15. The van der Waals surface area contributed by atoms with E-state index in [9.17, 15) is 4.39 Å². The van der Waals surface area contributed by atoms with E-state index in [4.69, 9.17) is 11.6 Å². The average molecular weight is 421 g/mol. The lowest BCUT2D eigenvalue weighted by Crippen LogP contribution is -2.19. The summed E-state index contributed by atoms with van der Waals surface area (Å²) in [5, 5.41) is 2.06. The molecule has 3 aromatic carbocycles. The summed E-state index contributed by atoms with van der Waals surface area (Å²) in [6.45, 7) is 1.95. The van der Waals surface area contributed by atoms with Gasteiger partial charge < -0.3 is 9.47 Å². The fourth-order valence-electron chi connectivity index (χ4n) is 3.99. The molecule has 0 radical (unpaired) electrons. The second-order valence-electron chi connectivity index (χ2n) is 7.84. The highest BCUT2D eigenvalue weighted by atomic mass is 35.5. The van der Waals surface area contributed by atoms with Crippen LogP contribution in [0.2, 0.25) is 5.02 Å². The molecule has 0 spiro atoms. The van der Waals surface area contributed by atoms with Crippen molar-refractivity contribution < 1.29 is 4.39 Å². The van der Waals surface area contributed by atoms with Gasteiger partial charge >= 0.3 is 0 Å². The van der Waals surface area contributed by atoms with E-state index in [0.717, 1.165) is 48.6 Å². The third kappa shape index (κ3) is 4.92. The molecule has 0 atom stereocenters. The highest BCUT2D eigenvalue weighted by molar-refractivity contribution is 6.30. The standard InChI is InChI=1S/C26H26ClFN2/c1-29(18-20-7-6-9-22(27)17-20)16-5-4-8-21-19-30(24-14-12-23(28)13-15-24)26-11-3-2-10-25(21)26/h2-3,6-7,9-15,17,19H,4-5,8,16,18H2,1H3. The minimum Gasteiger partial charge on any atom is -0.316 e. The molecule has 2 nitrogen and oxygen atoms in total. The molecule has 1 heterocycles. The fraction of sp³-hybridized carbons (Fsp3) is 0.231. The van der Waals surface area contributed by atoms with Crippen molar-refractivity contribution in [3.05, 3.63) is 101 Å². The minimum absolute atomic E-state index is 0.211. The number of nitrogens with zero attached hydrogens (tertiary/aromatic N) is 2. The van der Waals surface area contributed by atoms with Crippen molar-refractivity contribution in [2.75, 3.05) is 13.6 Å². The summed E-state index contributed by atoms with van der Waals surface area (Å²) >= 11 is 6.09. The number of halogens is 2. The largest absolute Gasteiger partial charge is 0.316 e. The smallest absolute Gasteiger partial charge is 0.123 e. The quantitative estimate of drug-likeness (QED) is 0.282. The van der Waals surface area contributed by atoms with Crippen molar-refractivity contribution in [1.82, 2.24) is 9.47 Å². The molecule has 0 saturated heterocycles. The van der Waals surface area contributed by atoms with Gasteiger partial charge in [0.25, 0.3) is 0 Å². The van der Waals surface area contributed by atoms with E-state index in [1.54, 1.807) is 0 Å². The normalized spacial score (nSPS) is 11.5. The van der Waals surface area contributed by atoms with Crippen molar-refractivity contribution in [1.29, 1.82) is 0 Å². The summed E-state index contributed by atoms with van der Waals surface area (Å²) in [5.74, 6) is -0.211. The van der Waals surface area contributed by atoms with Crippen molar-refractivity contribution >= 4 is 22.5 Å². The van der Waals surface area contributed by atoms with Crippen LogP contribution in [-0.2, 0) is 13.0 Å². The molecule has 4 heteroatoms. The number of hydrogen-bond donors (Lipinski definition) is 0. The molecule has 0 aliphatic carbocycles. The van der Waals surface area contributed by atoms with Crippen LogP contribution in [0.4, 0.5) is 4.39 Å². The Morgan fingerprint density at radius 2 is 1.73 bits per heavy atom. The molecule has 0 N–H and O–H groups in total. The fourth-order valence-corrected chi connectivity index (χ4v) is 4.20. The molecular weight excluding hydrogens is 395 g/mol. The van der Waals surface area contributed by atoms with E-state index in [2.05, 4.69) is 53.0 Å². The van der Waals surface area contributed by atoms with Crippen molar-refractivity contribution in [2.24, 2.45) is 0 Å². The summed E-state index contributed by atoms with van der Waals surface area (Å²) in [6.07, 6.45) is 5.48. The number of hydrogen-bond acceptors (Lipinski definition) is 1. The van der Waals surface area contributed by atoms with Crippen molar-refractivity contribution in [2.45, 2.75) is 25.8 Å². The van der Waals surface area contributed by atoms with Crippen LogP contribution in [0.15, 0.2) is 79.0 Å². The third-order valence-electron chi connectivity index (χ3n) is 5.48. The molecule has 1 aromatic heterocycles. The first-order valence-corrected chi connectivity index (χ1v) is 10.8. The molecule has 0 aliphatic heterocycles. The van der Waals surface area contributed by atoms with Gasteiger partial charge in [-0.25, -0.2) is 4.39 Å². The van der Waals surface area contributed by atoms with E-state index in [-0.39, 0.29) is 5.82 Å². The molecule has 0 fully saturated rings. The molecular formula is C26H26ClFN2. The maximum Gasteiger partial charge on any atom is 0.123 e. The second-order valence-corrected chi connectivity index (χ2v) is 8.28. The first kappa shape index (κ1) is 20.6. The summed E-state index contributed by atoms with van der Waals surface area (Å²) in [6, 6.07) is 23.2. The van der Waals surface area contributed by atoms with E-state index in [1.807, 2.05) is 30.3 Å². The van der Waals surface area contributed by atoms with Gasteiger partial charge in [0, 0.05) is 28.8 Å². The van der Waals surface area contributed by atoms with E-state index in [1.165, 1.54) is 28.6 Å². The molecule has 0 unspecified atom stereocenters. The molecule has 0 bridgehead atoms. The minimum atomic E-state index is -0.211. The zero-order valence-corrected chi connectivity index (χ0v) is 17.9. The molecule has 0 aliphatic rings. The first-order chi connectivity index (χ1) is 14.6. The number of aryl methyl sites for hydroxylation is 1. The lowest BCUT2D eigenvalue weighted by Gasteiger charge is -2.16. The van der Waals surface area contributed by atoms with Crippen LogP contribution in [0.1, 0.15) is 24.0 Å². The van der Waals surface area contributed by atoms with Gasteiger partial charge in [-0.2, -0.15) is 0 Å².